The number of nitrogens with one attached hydrogen (secondary N) is 1. The van der Waals surface area contributed by atoms with Gasteiger partial charge in [-0.2, -0.15) is 0 Å². The zero-order valence-corrected chi connectivity index (χ0v) is 13.0. The number of halogens is 2. The van der Waals surface area contributed by atoms with Crippen LogP contribution in [0.4, 0.5) is 10.1 Å². The van der Waals surface area contributed by atoms with Gasteiger partial charge in [-0.05, 0) is 42.2 Å². The minimum absolute atomic E-state index is 0.0721. The van der Waals surface area contributed by atoms with Crippen LogP contribution in [0.5, 0.6) is 0 Å². The van der Waals surface area contributed by atoms with E-state index < -0.39 is 0 Å². The van der Waals surface area contributed by atoms with Gasteiger partial charge in [-0.15, -0.1) is 0 Å². The van der Waals surface area contributed by atoms with E-state index in [1.54, 1.807) is 6.07 Å². The van der Waals surface area contributed by atoms with E-state index >= 15 is 0 Å². The van der Waals surface area contributed by atoms with Gasteiger partial charge in [0.2, 0.25) is 0 Å². The molecule has 0 amide bonds. The Morgan fingerprint density at radius 3 is 2.95 bits per heavy atom. The van der Waals surface area contributed by atoms with Crippen LogP contribution in [0, 0.1) is 5.82 Å². The standard InChI is InChI=1S/C17H15BrFNO/c18-15-10-12(19)7-6-11(15)9-17(21)14-3-1-5-16-13(14)4-2-8-20-16/h1,3,5-7,10,20H,2,4,8-9H2. The van der Waals surface area contributed by atoms with Crippen molar-refractivity contribution in [3.8, 4) is 0 Å². The van der Waals surface area contributed by atoms with Gasteiger partial charge >= 0.3 is 0 Å². The van der Waals surface area contributed by atoms with E-state index in [1.165, 1.54) is 12.1 Å². The lowest BCUT2D eigenvalue weighted by molar-refractivity contribution is 0.0992. The molecule has 3 rings (SSSR count). The van der Waals surface area contributed by atoms with E-state index in [4.69, 9.17) is 0 Å². The number of hydrogen-bond acceptors (Lipinski definition) is 2. The minimum Gasteiger partial charge on any atom is -0.385 e. The molecule has 0 aliphatic carbocycles. The summed E-state index contributed by atoms with van der Waals surface area (Å²) >= 11 is 3.32. The molecule has 2 nitrogen and oxygen atoms in total. The van der Waals surface area contributed by atoms with Crippen molar-refractivity contribution >= 4 is 27.4 Å². The molecule has 0 aromatic heterocycles. The van der Waals surface area contributed by atoms with Crippen LogP contribution in [0.2, 0.25) is 0 Å². The largest absolute Gasteiger partial charge is 0.385 e. The van der Waals surface area contributed by atoms with Gasteiger partial charge in [0.25, 0.3) is 0 Å². The molecule has 1 aliphatic heterocycles. The Morgan fingerprint density at radius 2 is 2.14 bits per heavy atom. The molecule has 2 aromatic rings. The summed E-state index contributed by atoms with van der Waals surface area (Å²) < 4.78 is 13.7. The van der Waals surface area contributed by atoms with Crippen LogP contribution >= 0.6 is 15.9 Å². The van der Waals surface area contributed by atoms with Gasteiger partial charge in [-0.1, -0.05) is 34.1 Å². The Kier molecular flexibility index (Phi) is 4.06. The molecule has 4 heteroatoms. The van der Waals surface area contributed by atoms with Gasteiger partial charge in [0.15, 0.2) is 5.78 Å². The molecule has 1 heterocycles. The summed E-state index contributed by atoms with van der Waals surface area (Å²) in [5.41, 5.74) is 3.75. The highest BCUT2D eigenvalue weighted by Gasteiger charge is 2.18. The molecule has 0 bridgehead atoms. The maximum absolute atomic E-state index is 13.1. The molecule has 0 unspecified atom stereocenters. The van der Waals surface area contributed by atoms with Crippen LogP contribution in [0.1, 0.15) is 27.9 Å². The van der Waals surface area contributed by atoms with E-state index in [9.17, 15) is 9.18 Å². The van der Waals surface area contributed by atoms with Crippen molar-refractivity contribution in [3.05, 3.63) is 63.4 Å². The Bertz CT molecular complexity index is 699. The first kappa shape index (κ1) is 14.3. The first-order chi connectivity index (χ1) is 10.1. The number of fused-ring (bicyclic) bond motifs is 1. The summed E-state index contributed by atoms with van der Waals surface area (Å²) in [5, 5.41) is 3.33. The predicted molar refractivity (Wildman–Crippen MR) is 85.4 cm³/mol. The highest BCUT2D eigenvalue weighted by Crippen LogP contribution is 2.27. The Hall–Kier alpha value is -1.68. The van der Waals surface area contributed by atoms with E-state index in [2.05, 4.69) is 21.2 Å². The molecule has 2 aromatic carbocycles. The summed E-state index contributed by atoms with van der Waals surface area (Å²) in [6.45, 7) is 0.953. The first-order valence-corrected chi connectivity index (χ1v) is 7.77. The van der Waals surface area contributed by atoms with Gasteiger partial charge in [0, 0.05) is 28.7 Å². The lowest BCUT2D eigenvalue weighted by Gasteiger charge is -2.20. The molecule has 21 heavy (non-hydrogen) atoms. The smallest absolute Gasteiger partial charge is 0.167 e. The third-order valence-electron chi connectivity index (χ3n) is 3.76. The van der Waals surface area contributed by atoms with Gasteiger partial charge in [-0.3, -0.25) is 4.79 Å². The normalized spacial score (nSPS) is 13.4. The SMILES string of the molecule is O=C(Cc1ccc(F)cc1Br)c1cccc2c1CCCN2. The molecule has 0 fully saturated rings. The zero-order valence-electron chi connectivity index (χ0n) is 11.5. The zero-order chi connectivity index (χ0) is 14.8. The highest BCUT2D eigenvalue weighted by molar-refractivity contribution is 9.10. The van der Waals surface area contributed by atoms with E-state index in [0.717, 1.165) is 41.8 Å². The maximum Gasteiger partial charge on any atom is 0.167 e. The Labute approximate surface area is 131 Å². The van der Waals surface area contributed by atoms with Gasteiger partial charge < -0.3 is 5.32 Å². The topological polar surface area (TPSA) is 29.1 Å². The lowest BCUT2D eigenvalue weighted by atomic mass is 9.93. The molecule has 0 atom stereocenters. The Balaban J connectivity index is 1.89. The van der Waals surface area contributed by atoms with Crippen LogP contribution < -0.4 is 5.32 Å². The lowest BCUT2D eigenvalue weighted by Crippen LogP contribution is -2.16. The van der Waals surface area contributed by atoms with E-state index in [-0.39, 0.29) is 18.0 Å². The molecule has 1 N–H and O–H groups in total. The fraction of sp³-hybridized carbons (Fsp3) is 0.235. The minimum atomic E-state index is -0.306. The van der Waals surface area contributed by atoms with Crippen molar-refractivity contribution in [2.24, 2.45) is 0 Å². The van der Waals surface area contributed by atoms with Crippen LogP contribution in [0.15, 0.2) is 40.9 Å². The number of benzene rings is 2. The number of ketones is 1. The third-order valence-corrected chi connectivity index (χ3v) is 4.50. The molecular formula is C17H15BrFNO. The summed E-state index contributed by atoms with van der Waals surface area (Å²) in [6.07, 6.45) is 2.24. The fourth-order valence-electron chi connectivity index (χ4n) is 2.70. The number of hydrogen-bond donors (Lipinski definition) is 1. The highest BCUT2D eigenvalue weighted by atomic mass is 79.9. The average molecular weight is 348 g/mol. The first-order valence-electron chi connectivity index (χ1n) is 6.98. The fourth-order valence-corrected chi connectivity index (χ4v) is 3.20. The molecular weight excluding hydrogens is 333 g/mol. The number of Topliss-reactive ketones (excluding diaryl/α,β-unsaturated/α-hetero) is 1. The van der Waals surface area contributed by atoms with E-state index in [0.29, 0.717) is 4.47 Å². The van der Waals surface area contributed by atoms with E-state index in [1.807, 2.05) is 18.2 Å². The summed E-state index contributed by atoms with van der Waals surface area (Å²) in [5.74, 6) is -0.234. The summed E-state index contributed by atoms with van der Waals surface area (Å²) in [7, 11) is 0. The van der Waals surface area contributed by atoms with Crippen molar-refractivity contribution in [3.63, 3.8) is 0 Å². The number of carbonyl (C=O) groups excluding carboxylic acids is 1. The van der Waals surface area contributed by atoms with Crippen molar-refractivity contribution < 1.29 is 9.18 Å². The molecule has 0 saturated heterocycles. The molecule has 0 spiro atoms. The van der Waals surface area contributed by atoms with Crippen LogP contribution in [-0.2, 0) is 12.8 Å². The summed E-state index contributed by atoms with van der Waals surface area (Å²) in [4.78, 5) is 12.6. The van der Waals surface area contributed by atoms with Crippen molar-refractivity contribution in [2.45, 2.75) is 19.3 Å². The second-order valence-corrected chi connectivity index (χ2v) is 6.05. The average Bonchev–Trinajstić information content (AvgIpc) is 2.49. The number of carbonyl (C=O) groups is 1. The number of rotatable bonds is 3. The summed E-state index contributed by atoms with van der Waals surface area (Å²) in [6, 6.07) is 10.2. The monoisotopic (exact) mass is 347 g/mol. The number of anilines is 1. The maximum atomic E-state index is 13.1. The molecule has 0 radical (unpaired) electrons. The van der Waals surface area contributed by atoms with Crippen LogP contribution in [0.25, 0.3) is 0 Å². The van der Waals surface area contributed by atoms with Gasteiger partial charge in [0.05, 0.1) is 0 Å². The van der Waals surface area contributed by atoms with Crippen molar-refractivity contribution in [1.29, 1.82) is 0 Å². The van der Waals surface area contributed by atoms with Crippen LogP contribution in [-0.4, -0.2) is 12.3 Å². The second-order valence-electron chi connectivity index (χ2n) is 5.20. The van der Waals surface area contributed by atoms with Crippen molar-refractivity contribution in [2.75, 3.05) is 11.9 Å². The predicted octanol–water partition coefficient (Wildman–Crippen LogP) is 4.37. The van der Waals surface area contributed by atoms with Gasteiger partial charge in [-0.25, -0.2) is 4.39 Å². The third kappa shape index (κ3) is 3.00. The molecule has 108 valence electrons. The Morgan fingerprint density at radius 1 is 1.29 bits per heavy atom. The quantitative estimate of drug-likeness (QED) is 0.835. The van der Waals surface area contributed by atoms with Crippen LogP contribution in [0.3, 0.4) is 0 Å². The van der Waals surface area contributed by atoms with Crippen molar-refractivity contribution in [1.82, 2.24) is 0 Å². The van der Waals surface area contributed by atoms with Gasteiger partial charge in [0.1, 0.15) is 5.82 Å². The second kappa shape index (κ2) is 5.98. The molecule has 1 aliphatic rings. The molecule has 0 saturated carbocycles.